The minimum Gasteiger partial charge on any atom is -0.330 e. The monoisotopic (exact) mass is 251 g/mol. The third kappa shape index (κ3) is 2.24. The van der Waals surface area contributed by atoms with Gasteiger partial charge in [0, 0.05) is 36.4 Å². The molecule has 19 heavy (non-hydrogen) atoms. The van der Waals surface area contributed by atoms with Gasteiger partial charge in [-0.1, -0.05) is 32.0 Å². The molecular formula is C16H17N3. The van der Waals surface area contributed by atoms with E-state index in [1.807, 2.05) is 24.7 Å². The third-order valence-electron chi connectivity index (χ3n) is 3.34. The summed E-state index contributed by atoms with van der Waals surface area (Å²) in [7, 11) is 0. The quantitative estimate of drug-likeness (QED) is 0.712. The first-order valence-corrected chi connectivity index (χ1v) is 6.59. The van der Waals surface area contributed by atoms with E-state index >= 15 is 0 Å². The highest BCUT2D eigenvalue weighted by molar-refractivity contribution is 5.81. The molecule has 0 atom stereocenters. The number of pyridine rings is 1. The summed E-state index contributed by atoms with van der Waals surface area (Å²) in [6.45, 7) is 5.18. The Morgan fingerprint density at radius 2 is 1.89 bits per heavy atom. The Morgan fingerprint density at radius 3 is 2.74 bits per heavy atom. The van der Waals surface area contributed by atoms with E-state index in [0.29, 0.717) is 5.92 Å². The van der Waals surface area contributed by atoms with E-state index in [1.165, 1.54) is 10.9 Å². The Balaban J connectivity index is 2.04. The Hall–Kier alpha value is -2.16. The average molecular weight is 251 g/mol. The van der Waals surface area contributed by atoms with Gasteiger partial charge in [0.2, 0.25) is 0 Å². The van der Waals surface area contributed by atoms with Crippen molar-refractivity contribution in [1.82, 2.24) is 14.5 Å². The van der Waals surface area contributed by atoms with Gasteiger partial charge in [-0.2, -0.15) is 0 Å². The molecule has 0 amide bonds. The largest absolute Gasteiger partial charge is 0.330 e. The van der Waals surface area contributed by atoms with Crippen molar-refractivity contribution in [1.29, 1.82) is 0 Å². The van der Waals surface area contributed by atoms with Crippen LogP contribution in [0.5, 0.6) is 0 Å². The number of hydrogen-bond acceptors (Lipinski definition) is 2. The Labute approximate surface area is 112 Å². The molecule has 0 saturated carbocycles. The van der Waals surface area contributed by atoms with E-state index in [-0.39, 0.29) is 0 Å². The highest BCUT2D eigenvalue weighted by Crippen LogP contribution is 2.19. The summed E-state index contributed by atoms with van der Waals surface area (Å²) in [6, 6.07) is 10.4. The fourth-order valence-electron chi connectivity index (χ4n) is 2.43. The number of para-hydroxylation sites is 1. The molecule has 0 fully saturated rings. The summed E-state index contributed by atoms with van der Waals surface area (Å²) in [5.74, 6) is 1.56. The number of fused-ring (bicyclic) bond motifs is 1. The Kier molecular flexibility index (Phi) is 3.03. The van der Waals surface area contributed by atoms with Crippen molar-refractivity contribution >= 4 is 10.9 Å². The minimum absolute atomic E-state index is 0.433. The van der Waals surface area contributed by atoms with Crippen LogP contribution in [0.2, 0.25) is 0 Å². The molecule has 0 spiro atoms. The number of aromatic nitrogens is 3. The Morgan fingerprint density at radius 1 is 1.05 bits per heavy atom. The molecule has 0 unspecified atom stereocenters. The molecule has 0 radical (unpaired) electrons. The average Bonchev–Trinajstić information content (AvgIpc) is 2.87. The standard InChI is InChI=1S/C16H17N3/c1-12(2)16-18-9-10-19(16)11-13-7-8-17-15-6-4-3-5-14(13)15/h3-10,12H,11H2,1-2H3. The lowest BCUT2D eigenvalue weighted by Crippen LogP contribution is -2.06. The lowest BCUT2D eigenvalue weighted by atomic mass is 10.1. The maximum Gasteiger partial charge on any atom is 0.111 e. The van der Waals surface area contributed by atoms with E-state index in [4.69, 9.17) is 0 Å². The van der Waals surface area contributed by atoms with Crippen LogP contribution in [0.15, 0.2) is 48.9 Å². The SMILES string of the molecule is CC(C)c1nccn1Cc1ccnc2ccccc12. The summed E-state index contributed by atoms with van der Waals surface area (Å²) in [4.78, 5) is 8.84. The normalized spacial score (nSPS) is 11.3. The highest BCUT2D eigenvalue weighted by Gasteiger charge is 2.09. The molecule has 3 aromatic rings. The molecule has 3 rings (SSSR count). The van der Waals surface area contributed by atoms with Crippen LogP contribution in [0.25, 0.3) is 10.9 Å². The van der Waals surface area contributed by atoms with Crippen molar-refractivity contribution < 1.29 is 0 Å². The number of hydrogen-bond donors (Lipinski definition) is 0. The van der Waals surface area contributed by atoms with Crippen LogP contribution in [0.4, 0.5) is 0 Å². The summed E-state index contributed by atoms with van der Waals surface area (Å²) in [6.07, 6.45) is 5.80. The van der Waals surface area contributed by atoms with Crippen molar-refractivity contribution in [2.24, 2.45) is 0 Å². The van der Waals surface area contributed by atoms with Crippen molar-refractivity contribution in [3.8, 4) is 0 Å². The zero-order valence-electron chi connectivity index (χ0n) is 11.2. The molecule has 0 aliphatic carbocycles. The van der Waals surface area contributed by atoms with Gasteiger partial charge in [-0.15, -0.1) is 0 Å². The topological polar surface area (TPSA) is 30.7 Å². The van der Waals surface area contributed by atoms with Crippen molar-refractivity contribution in [2.75, 3.05) is 0 Å². The fraction of sp³-hybridized carbons (Fsp3) is 0.250. The van der Waals surface area contributed by atoms with Crippen LogP contribution in [0.3, 0.4) is 0 Å². The van der Waals surface area contributed by atoms with E-state index in [0.717, 1.165) is 17.9 Å². The van der Waals surface area contributed by atoms with Crippen molar-refractivity contribution in [3.63, 3.8) is 0 Å². The number of imidazole rings is 1. The molecule has 1 aromatic carbocycles. The second-order valence-corrected chi connectivity index (χ2v) is 5.06. The van der Waals surface area contributed by atoms with Crippen LogP contribution in [0, 0.1) is 0 Å². The van der Waals surface area contributed by atoms with Gasteiger partial charge in [-0.05, 0) is 17.7 Å². The van der Waals surface area contributed by atoms with Gasteiger partial charge in [0.05, 0.1) is 5.52 Å². The molecule has 3 nitrogen and oxygen atoms in total. The van der Waals surface area contributed by atoms with Crippen LogP contribution >= 0.6 is 0 Å². The second kappa shape index (κ2) is 4.84. The first-order valence-electron chi connectivity index (χ1n) is 6.59. The predicted molar refractivity (Wildman–Crippen MR) is 77.2 cm³/mol. The molecule has 0 aliphatic heterocycles. The van der Waals surface area contributed by atoms with E-state index < -0.39 is 0 Å². The summed E-state index contributed by atoms with van der Waals surface area (Å²) in [5, 5.41) is 1.22. The molecule has 0 saturated heterocycles. The maximum atomic E-state index is 4.44. The molecule has 3 heteroatoms. The molecule has 96 valence electrons. The van der Waals surface area contributed by atoms with Crippen LogP contribution < -0.4 is 0 Å². The first-order chi connectivity index (χ1) is 9.25. The summed E-state index contributed by atoms with van der Waals surface area (Å²) in [5.41, 5.74) is 2.33. The van der Waals surface area contributed by atoms with Gasteiger partial charge >= 0.3 is 0 Å². The lowest BCUT2D eigenvalue weighted by molar-refractivity contribution is 0.671. The molecule has 0 aliphatic rings. The number of benzene rings is 1. The second-order valence-electron chi connectivity index (χ2n) is 5.06. The zero-order valence-corrected chi connectivity index (χ0v) is 11.2. The van der Waals surface area contributed by atoms with Gasteiger partial charge in [0.15, 0.2) is 0 Å². The van der Waals surface area contributed by atoms with Gasteiger partial charge in [-0.25, -0.2) is 4.98 Å². The smallest absolute Gasteiger partial charge is 0.111 e. The lowest BCUT2D eigenvalue weighted by Gasteiger charge is -2.12. The van der Waals surface area contributed by atoms with Crippen molar-refractivity contribution in [3.05, 3.63) is 60.3 Å². The maximum absolute atomic E-state index is 4.44. The highest BCUT2D eigenvalue weighted by atomic mass is 15.1. The van der Waals surface area contributed by atoms with Crippen LogP contribution in [-0.2, 0) is 6.54 Å². The van der Waals surface area contributed by atoms with Gasteiger partial charge in [0.1, 0.15) is 5.82 Å². The van der Waals surface area contributed by atoms with E-state index in [2.05, 4.69) is 52.6 Å². The zero-order chi connectivity index (χ0) is 13.2. The summed E-state index contributed by atoms with van der Waals surface area (Å²) >= 11 is 0. The van der Waals surface area contributed by atoms with E-state index in [1.54, 1.807) is 0 Å². The van der Waals surface area contributed by atoms with Crippen LogP contribution in [-0.4, -0.2) is 14.5 Å². The molecule has 2 heterocycles. The van der Waals surface area contributed by atoms with Crippen molar-refractivity contribution in [2.45, 2.75) is 26.3 Å². The van der Waals surface area contributed by atoms with Gasteiger partial charge < -0.3 is 4.57 Å². The fourth-order valence-corrected chi connectivity index (χ4v) is 2.43. The predicted octanol–water partition coefficient (Wildman–Crippen LogP) is 3.60. The van der Waals surface area contributed by atoms with Crippen LogP contribution in [0.1, 0.15) is 31.2 Å². The minimum atomic E-state index is 0.433. The molecule has 0 N–H and O–H groups in total. The Bertz CT molecular complexity index is 693. The van der Waals surface area contributed by atoms with E-state index in [9.17, 15) is 0 Å². The van der Waals surface area contributed by atoms with Gasteiger partial charge in [0.25, 0.3) is 0 Å². The molecular weight excluding hydrogens is 234 g/mol. The first kappa shape index (κ1) is 11.9. The third-order valence-corrected chi connectivity index (χ3v) is 3.34. The number of rotatable bonds is 3. The molecule has 2 aromatic heterocycles. The van der Waals surface area contributed by atoms with Gasteiger partial charge in [-0.3, -0.25) is 4.98 Å². The molecule has 0 bridgehead atoms. The number of nitrogens with zero attached hydrogens (tertiary/aromatic N) is 3. The summed E-state index contributed by atoms with van der Waals surface area (Å²) < 4.78 is 2.21.